The molecule has 0 amide bonds. The molecular weight excluding hydrogens is 218 g/mol. The van der Waals surface area contributed by atoms with Gasteiger partial charge in [-0.05, 0) is 24.4 Å². The first kappa shape index (κ1) is 15.2. The highest BCUT2D eigenvalue weighted by molar-refractivity contribution is 5.27. The molecule has 1 nitrogen and oxygen atoms in total. The van der Waals surface area contributed by atoms with Gasteiger partial charge in [0.15, 0.2) is 0 Å². The van der Waals surface area contributed by atoms with Crippen molar-refractivity contribution in [2.75, 3.05) is 13.1 Å². The van der Waals surface area contributed by atoms with E-state index in [0.717, 1.165) is 13.1 Å². The van der Waals surface area contributed by atoms with Gasteiger partial charge in [-0.3, -0.25) is 0 Å². The summed E-state index contributed by atoms with van der Waals surface area (Å²) in [5.74, 6) is 0.717. The van der Waals surface area contributed by atoms with E-state index in [9.17, 15) is 0 Å². The summed E-state index contributed by atoms with van der Waals surface area (Å²) in [6.45, 7) is 11.4. The first-order valence-electron chi connectivity index (χ1n) is 7.47. The fourth-order valence-electron chi connectivity index (χ4n) is 3.07. The molecule has 1 rings (SSSR count). The molecule has 1 heteroatoms. The van der Waals surface area contributed by atoms with Crippen LogP contribution < -0.4 is 5.32 Å². The van der Waals surface area contributed by atoms with Gasteiger partial charge in [-0.2, -0.15) is 0 Å². The molecule has 0 saturated heterocycles. The number of likely N-dealkylation sites (N-methyl/N-ethyl adjacent to an activating group) is 1. The first-order chi connectivity index (χ1) is 8.71. The summed E-state index contributed by atoms with van der Waals surface area (Å²) >= 11 is 0. The van der Waals surface area contributed by atoms with Crippen LogP contribution >= 0.6 is 0 Å². The zero-order valence-corrected chi connectivity index (χ0v) is 12.5. The molecule has 0 heterocycles. The summed E-state index contributed by atoms with van der Waals surface area (Å²) in [6, 6.07) is 11.1. The Morgan fingerprint density at radius 2 is 1.78 bits per heavy atom. The van der Waals surface area contributed by atoms with Crippen LogP contribution in [-0.2, 0) is 5.41 Å². The van der Waals surface area contributed by atoms with Crippen LogP contribution in [-0.4, -0.2) is 13.1 Å². The third-order valence-corrected chi connectivity index (χ3v) is 4.34. The summed E-state index contributed by atoms with van der Waals surface area (Å²) in [4.78, 5) is 0. The minimum Gasteiger partial charge on any atom is -0.316 e. The van der Waals surface area contributed by atoms with Crippen LogP contribution in [0.25, 0.3) is 0 Å². The minimum atomic E-state index is 0.285. The molecule has 0 aliphatic heterocycles. The fraction of sp³-hybridized carbons (Fsp3) is 0.647. The first-order valence-corrected chi connectivity index (χ1v) is 7.47. The normalized spacial score (nSPS) is 16.2. The molecule has 0 fully saturated rings. The number of hydrogen-bond acceptors (Lipinski definition) is 1. The zero-order valence-electron chi connectivity index (χ0n) is 12.5. The second-order valence-electron chi connectivity index (χ2n) is 5.35. The van der Waals surface area contributed by atoms with Gasteiger partial charge in [0.25, 0.3) is 0 Å². The molecule has 2 atom stereocenters. The predicted molar refractivity (Wildman–Crippen MR) is 81.0 cm³/mol. The van der Waals surface area contributed by atoms with Gasteiger partial charge < -0.3 is 5.32 Å². The smallest absolute Gasteiger partial charge is 0.0101 e. The Balaban J connectivity index is 3.05. The topological polar surface area (TPSA) is 12.0 Å². The maximum atomic E-state index is 3.58. The highest BCUT2D eigenvalue weighted by Gasteiger charge is 2.35. The molecule has 0 spiro atoms. The minimum absolute atomic E-state index is 0.285. The Morgan fingerprint density at radius 1 is 1.11 bits per heavy atom. The van der Waals surface area contributed by atoms with Crippen LogP contribution in [0, 0.1) is 5.92 Å². The van der Waals surface area contributed by atoms with Crippen LogP contribution in [0.3, 0.4) is 0 Å². The average molecular weight is 247 g/mol. The highest BCUT2D eigenvalue weighted by Crippen LogP contribution is 2.37. The second-order valence-corrected chi connectivity index (χ2v) is 5.35. The molecule has 0 bridgehead atoms. The molecular formula is C17H29N. The summed E-state index contributed by atoms with van der Waals surface area (Å²) < 4.78 is 0. The average Bonchev–Trinajstić information content (AvgIpc) is 2.42. The Kier molecular flexibility index (Phi) is 6.42. The summed E-state index contributed by atoms with van der Waals surface area (Å²) in [5.41, 5.74) is 1.78. The molecule has 0 saturated carbocycles. The number of rotatable bonds is 8. The van der Waals surface area contributed by atoms with Crippen LogP contribution in [0.15, 0.2) is 30.3 Å². The van der Waals surface area contributed by atoms with E-state index in [1.165, 1.54) is 24.8 Å². The van der Waals surface area contributed by atoms with Crippen molar-refractivity contribution in [2.24, 2.45) is 5.92 Å². The van der Waals surface area contributed by atoms with E-state index in [0.29, 0.717) is 5.92 Å². The van der Waals surface area contributed by atoms with E-state index in [2.05, 4.69) is 63.3 Å². The molecule has 2 unspecified atom stereocenters. The molecule has 102 valence electrons. The van der Waals surface area contributed by atoms with Crippen molar-refractivity contribution in [3.63, 3.8) is 0 Å². The van der Waals surface area contributed by atoms with E-state index in [1.54, 1.807) is 0 Å². The van der Waals surface area contributed by atoms with E-state index >= 15 is 0 Å². The number of hydrogen-bond donors (Lipinski definition) is 1. The van der Waals surface area contributed by atoms with Crippen LogP contribution in [0.5, 0.6) is 0 Å². The standard InChI is InChI=1S/C17H29N/c1-5-11-15(4)17(6-2,14-18-7-3)16-12-9-8-10-13-16/h8-10,12-13,15,18H,5-7,11,14H2,1-4H3. The summed E-state index contributed by atoms with van der Waals surface area (Å²) in [5, 5.41) is 3.58. The lowest BCUT2D eigenvalue weighted by molar-refractivity contribution is 0.249. The third-order valence-electron chi connectivity index (χ3n) is 4.34. The molecule has 1 aromatic rings. The monoisotopic (exact) mass is 247 g/mol. The van der Waals surface area contributed by atoms with E-state index in [1.807, 2.05) is 0 Å². The SMILES string of the molecule is CCCC(C)C(CC)(CNCC)c1ccccc1. The van der Waals surface area contributed by atoms with Crippen LogP contribution in [0.2, 0.25) is 0 Å². The molecule has 1 aromatic carbocycles. The lowest BCUT2D eigenvalue weighted by Crippen LogP contribution is -2.43. The Bertz CT molecular complexity index is 320. The lowest BCUT2D eigenvalue weighted by atomic mass is 9.67. The fourth-order valence-corrected chi connectivity index (χ4v) is 3.07. The van der Waals surface area contributed by atoms with Crippen molar-refractivity contribution in [2.45, 2.75) is 52.4 Å². The van der Waals surface area contributed by atoms with E-state index in [-0.39, 0.29) is 5.41 Å². The van der Waals surface area contributed by atoms with Crippen LogP contribution in [0.1, 0.15) is 52.5 Å². The third kappa shape index (κ3) is 3.35. The molecule has 0 aliphatic carbocycles. The largest absolute Gasteiger partial charge is 0.316 e. The maximum absolute atomic E-state index is 3.58. The van der Waals surface area contributed by atoms with Crippen molar-refractivity contribution in [1.82, 2.24) is 5.32 Å². The molecule has 0 aromatic heterocycles. The van der Waals surface area contributed by atoms with E-state index in [4.69, 9.17) is 0 Å². The number of benzene rings is 1. The second kappa shape index (κ2) is 7.58. The van der Waals surface area contributed by atoms with Gasteiger partial charge in [-0.15, -0.1) is 0 Å². The van der Waals surface area contributed by atoms with Gasteiger partial charge in [0.1, 0.15) is 0 Å². The van der Waals surface area contributed by atoms with E-state index < -0.39 is 0 Å². The van der Waals surface area contributed by atoms with Crippen molar-refractivity contribution in [1.29, 1.82) is 0 Å². The zero-order chi connectivity index (χ0) is 13.4. The summed E-state index contributed by atoms with van der Waals surface area (Å²) in [7, 11) is 0. The van der Waals surface area contributed by atoms with Crippen molar-refractivity contribution < 1.29 is 0 Å². The van der Waals surface area contributed by atoms with Gasteiger partial charge in [0.2, 0.25) is 0 Å². The summed E-state index contributed by atoms with van der Waals surface area (Å²) in [6.07, 6.45) is 3.77. The van der Waals surface area contributed by atoms with Gasteiger partial charge in [-0.25, -0.2) is 0 Å². The van der Waals surface area contributed by atoms with Crippen molar-refractivity contribution in [3.8, 4) is 0 Å². The van der Waals surface area contributed by atoms with Crippen LogP contribution in [0.4, 0.5) is 0 Å². The predicted octanol–water partition coefficient (Wildman–Crippen LogP) is 4.38. The van der Waals surface area contributed by atoms with Gasteiger partial charge in [-0.1, -0.05) is 70.9 Å². The Hall–Kier alpha value is -0.820. The lowest BCUT2D eigenvalue weighted by Gasteiger charge is -2.39. The quantitative estimate of drug-likeness (QED) is 0.719. The maximum Gasteiger partial charge on any atom is 0.0101 e. The molecule has 0 radical (unpaired) electrons. The number of nitrogens with one attached hydrogen (secondary N) is 1. The highest BCUT2D eigenvalue weighted by atomic mass is 14.9. The Morgan fingerprint density at radius 3 is 2.28 bits per heavy atom. The van der Waals surface area contributed by atoms with Crippen molar-refractivity contribution in [3.05, 3.63) is 35.9 Å². The molecule has 1 N–H and O–H groups in total. The van der Waals surface area contributed by atoms with Crippen molar-refractivity contribution >= 4 is 0 Å². The van der Waals surface area contributed by atoms with Gasteiger partial charge in [0.05, 0.1) is 0 Å². The molecule has 18 heavy (non-hydrogen) atoms. The van der Waals surface area contributed by atoms with Gasteiger partial charge >= 0.3 is 0 Å². The van der Waals surface area contributed by atoms with Gasteiger partial charge in [0, 0.05) is 12.0 Å². The molecule has 0 aliphatic rings. The Labute approximate surface area is 113 Å².